The summed E-state index contributed by atoms with van der Waals surface area (Å²) in [6.07, 6.45) is 39.2. The van der Waals surface area contributed by atoms with Gasteiger partial charge in [0.2, 0.25) is 0 Å². The summed E-state index contributed by atoms with van der Waals surface area (Å²) in [6, 6.07) is 0. The molecule has 0 saturated heterocycles. The normalized spacial score (nSPS) is 13.8. The summed E-state index contributed by atoms with van der Waals surface area (Å²) in [6.45, 7) is 4.20. The van der Waals surface area contributed by atoms with Gasteiger partial charge in [-0.25, -0.2) is 0 Å². The van der Waals surface area contributed by atoms with Crippen molar-refractivity contribution in [2.45, 2.75) is 200 Å². The predicted molar refractivity (Wildman–Crippen MR) is 222 cm³/mol. The lowest BCUT2D eigenvalue weighted by atomic mass is 10.0. The first kappa shape index (κ1) is 52.5. The van der Waals surface area contributed by atoms with Gasteiger partial charge in [-0.05, 0) is 44.9 Å². The van der Waals surface area contributed by atoms with Gasteiger partial charge in [-0.1, -0.05) is 160 Å². The fourth-order valence-corrected chi connectivity index (χ4v) is 6.71. The maximum absolute atomic E-state index is 12.7. The van der Waals surface area contributed by atoms with Crippen LogP contribution in [-0.4, -0.2) is 70.0 Å². The number of hydrogen-bond acceptors (Lipinski definition) is 8. The Labute approximate surface area is 332 Å². The van der Waals surface area contributed by atoms with Crippen molar-refractivity contribution in [3.05, 3.63) is 24.3 Å². The minimum atomic E-state index is -4.63. The van der Waals surface area contributed by atoms with Crippen LogP contribution in [0.25, 0.3) is 0 Å². The number of ether oxygens (including phenoxy) is 2. The van der Waals surface area contributed by atoms with Crippen molar-refractivity contribution < 1.29 is 42.1 Å². The van der Waals surface area contributed by atoms with Crippen LogP contribution in [0.3, 0.4) is 0 Å². The number of rotatable bonds is 40. The molecule has 0 N–H and O–H groups in total. The Bertz CT molecular complexity index is 980. The van der Waals surface area contributed by atoms with Gasteiger partial charge in [0, 0.05) is 12.8 Å². The number of carbonyl (C=O) groups is 2. The van der Waals surface area contributed by atoms with E-state index in [0.29, 0.717) is 23.9 Å². The van der Waals surface area contributed by atoms with Gasteiger partial charge < -0.3 is 27.9 Å². The number of phosphoric ester groups is 1. The fourth-order valence-electron chi connectivity index (χ4n) is 5.98. The van der Waals surface area contributed by atoms with Crippen molar-refractivity contribution >= 4 is 19.8 Å². The summed E-state index contributed by atoms with van der Waals surface area (Å²) in [5.41, 5.74) is 0. The van der Waals surface area contributed by atoms with Crippen molar-refractivity contribution in [2.24, 2.45) is 0 Å². The molecule has 0 aliphatic carbocycles. The highest BCUT2D eigenvalue weighted by molar-refractivity contribution is 7.45. The lowest BCUT2D eigenvalue weighted by Gasteiger charge is -2.28. The Morgan fingerprint density at radius 2 is 1.00 bits per heavy atom. The number of allylic oxidation sites excluding steroid dienone is 4. The Morgan fingerprint density at radius 3 is 1.50 bits per heavy atom. The van der Waals surface area contributed by atoms with Crippen LogP contribution >= 0.6 is 7.82 Å². The van der Waals surface area contributed by atoms with Gasteiger partial charge in [0.25, 0.3) is 7.82 Å². The van der Waals surface area contributed by atoms with Gasteiger partial charge in [0.05, 0.1) is 27.7 Å². The molecule has 0 aromatic carbocycles. The number of quaternary nitrogens is 1. The molecular weight excluding hydrogens is 701 g/mol. The Kier molecular flexibility index (Phi) is 36.1. The van der Waals surface area contributed by atoms with E-state index >= 15 is 0 Å². The van der Waals surface area contributed by atoms with Gasteiger partial charge >= 0.3 is 11.9 Å². The molecule has 0 radical (unpaired) electrons. The van der Waals surface area contributed by atoms with E-state index in [0.717, 1.165) is 38.5 Å². The topological polar surface area (TPSA) is 111 Å². The van der Waals surface area contributed by atoms with Gasteiger partial charge in [-0.3, -0.25) is 14.2 Å². The Balaban J connectivity index is 4.39. The number of unbranched alkanes of at least 4 members (excludes halogenated alkanes) is 22. The van der Waals surface area contributed by atoms with Gasteiger partial charge in [-0.15, -0.1) is 0 Å². The summed E-state index contributed by atoms with van der Waals surface area (Å²) in [5, 5.41) is 0. The number of hydrogen-bond donors (Lipinski definition) is 0. The molecule has 9 nitrogen and oxygen atoms in total. The minimum Gasteiger partial charge on any atom is -0.756 e. The smallest absolute Gasteiger partial charge is 0.306 e. The van der Waals surface area contributed by atoms with E-state index in [1.165, 1.54) is 116 Å². The average molecular weight is 786 g/mol. The van der Waals surface area contributed by atoms with Crippen molar-refractivity contribution in [2.75, 3.05) is 47.5 Å². The molecule has 0 aromatic rings. The zero-order valence-corrected chi connectivity index (χ0v) is 36.6. The molecule has 54 heavy (non-hydrogen) atoms. The standard InChI is InChI=1S/C44H84NO8P/c1-6-8-10-12-14-16-18-20-22-24-26-28-30-32-34-36-43(46)50-40-42(41-52-54(48,49)51-39-38-45(3,4)5)53-44(47)37-35-33-31-29-27-25-23-21-19-17-15-13-11-9-7-2/h20,22,26,28,42H,6-19,21,23-25,27,29-41H2,1-5H3/b22-20+,28-26+/t42-/m1/s1. The minimum absolute atomic E-state index is 0.0337. The number of phosphoric acid groups is 1. The van der Waals surface area contributed by atoms with E-state index in [9.17, 15) is 19.0 Å². The maximum atomic E-state index is 12.7. The van der Waals surface area contributed by atoms with Crippen LogP contribution in [0.1, 0.15) is 194 Å². The van der Waals surface area contributed by atoms with Crippen LogP contribution in [0.4, 0.5) is 0 Å². The summed E-state index contributed by atoms with van der Waals surface area (Å²) in [7, 11) is 1.15. The van der Waals surface area contributed by atoms with Crippen molar-refractivity contribution in [1.82, 2.24) is 0 Å². The molecule has 10 heteroatoms. The lowest BCUT2D eigenvalue weighted by Crippen LogP contribution is -2.37. The molecule has 0 aliphatic heterocycles. The molecule has 0 aliphatic rings. The predicted octanol–water partition coefficient (Wildman–Crippen LogP) is 11.7. The second-order valence-electron chi connectivity index (χ2n) is 16.1. The van der Waals surface area contributed by atoms with E-state index in [1.807, 2.05) is 21.1 Å². The molecule has 0 spiro atoms. The first-order chi connectivity index (χ1) is 26.0. The molecule has 1 unspecified atom stereocenters. The molecule has 318 valence electrons. The summed E-state index contributed by atoms with van der Waals surface area (Å²) >= 11 is 0. The third-order valence-corrected chi connectivity index (χ3v) is 10.4. The molecular formula is C44H84NO8P. The monoisotopic (exact) mass is 786 g/mol. The highest BCUT2D eigenvalue weighted by atomic mass is 31.2. The molecule has 0 amide bonds. The molecule has 0 bridgehead atoms. The Morgan fingerprint density at radius 1 is 0.574 bits per heavy atom. The molecule has 0 fully saturated rings. The van der Waals surface area contributed by atoms with E-state index in [2.05, 4.69) is 38.2 Å². The maximum Gasteiger partial charge on any atom is 0.306 e. The van der Waals surface area contributed by atoms with E-state index in [4.69, 9.17) is 18.5 Å². The number of carbonyl (C=O) groups excluding carboxylic acids is 2. The lowest BCUT2D eigenvalue weighted by molar-refractivity contribution is -0.870. The van der Waals surface area contributed by atoms with E-state index in [-0.39, 0.29) is 26.1 Å². The number of esters is 2. The zero-order chi connectivity index (χ0) is 40.0. The SMILES string of the molecule is CCCCCCCC/C=C/C/C=C/CCCCC(=O)OC[C@H](COP(=O)([O-])OCC[N+](C)(C)C)OC(=O)CCCCCCCCCCCCCCCCC. The van der Waals surface area contributed by atoms with Gasteiger partial charge in [0.15, 0.2) is 6.10 Å². The van der Waals surface area contributed by atoms with Crippen LogP contribution < -0.4 is 4.89 Å². The first-order valence-corrected chi connectivity index (χ1v) is 23.5. The zero-order valence-electron chi connectivity index (χ0n) is 35.7. The van der Waals surface area contributed by atoms with E-state index < -0.39 is 32.5 Å². The highest BCUT2D eigenvalue weighted by Gasteiger charge is 2.21. The fraction of sp³-hybridized carbons (Fsp3) is 0.864. The van der Waals surface area contributed by atoms with Crippen LogP contribution in [0.2, 0.25) is 0 Å². The summed E-state index contributed by atoms with van der Waals surface area (Å²) in [4.78, 5) is 37.5. The second-order valence-corrected chi connectivity index (χ2v) is 17.5. The molecule has 0 rings (SSSR count). The molecule has 0 aromatic heterocycles. The first-order valence-electron chi connectivity index (χ1n) is 22.0. The molecule has 0 heterocycles. The molecule has 2 atom stereocenters. The highest BCUT2D eigenvalue weighted by Crippen LogP contribution is 2.38. The van der Waals surface area contributed by atoms with Crippen molar-refractivity contribution in [3.8, 4) is 0 Å². The van der Waals surface area contributed by atoms with Crippen molar-refractivity contribution in [1.29, 1.82) is 0 Å². The third-order valence-electron chi connectivity index (χ3n) is 9.47. The van der Waals surface area contributed by atoms with E-state index in [1.54, 1.807) is 0 Å². The number of nitrogens with zero attached hydrogens (tertiary/aromatic N) is 1. The van der Waals surface area contributed by atoms with Crippen molar-refractivity contribution in [3.63, 3.8) is 0 Å². The summed E-state index contributed by atoms with van der Waals surface area (Å²) in [5.74, 6) is -0.866. The van der Waals surface area contributed by atoms with Gasteiger partial charge in [0.1, 0.15) is 19.8 Å². The van der Waals surface area contributed by atoms with Crippen LogP contribution in [0.5, 0.6) is 0 Å². The summed E-state index contributed by atoms with van der Waals surface area (Å²) < 4.78 is 33.8. The van der Waals surface area contributed by atoms with Crippen LogP contribution in [0.15, 0.2) is 24.3 Å². The second kappa shape index (κ2) is 37.1. The average Bonchev–Trinajstić information content (AvgIpc) is 3.12. The largest absolute Gasteiger partial charge is 0.756 e. The van der Waals surface area contributed by atoms with Crippen LogP contribution in [-0.2, 0) is 32.7 Å². The third kappa shape index (κ3) is 40.2. The Hall–Kier alpha value is -1.51. The quantitative estimate of drug-likeness (QED) is 0.0198. The van der Waals surface area contributed by atoms with Gasteiger partial charge in [-0.2, -0.15) is 0 Å². The van der Waals surface area contributed by atoms with Crippen LogP contribution in [0, 0.1) is 0 Å². The number of likely N-dealkylation sites (N-methyl/N-ethyl adjacent to an activating group) is 1. The molecule has 0 saturated carbocycles.